The number of nitrogens with one attached hydrogen (secondary N) is 1. The van der Waals surface area contributed by atoms with Crippen LogP contribution in [0.4, 0.5) is 5.69 Å². The molecule has 2 N–H and O–H groups in total. The third-order valence-corrected chi connectivity index (χ3v) is 5.80. The number of piperidine rings is 1. The van der Waals surface area contributed by atoms with Gasteiger partial charge in [0.25, 0.3) is 0 Å². The number of phenols is 1. The van der Waals surface area contributed by atoms with Crippen LogP contribution >= 0.6 is 0 Å². The van der Waals surface area contributed by atoms with Gasteiger partial charge < -0.3 is 10.4 Å². The first-order valence-corrected chi connectivity index (χ1v) is 10.5. The topological polar surface area (TPSA) is 52.6 Å². The van der Waals surface area contributed by atoms with Crippen molar-refractivity contribution in [1.82, 2.24) is 4.90 Å². The van der Waals surface area contributed by atoms with Crippen molar-refractivity contribution in [3.05, 3.63) is 83.9 Å². The van der Waals surface area contributed by atoms with Crippen molar-refractivity contribution >= 4 is 11.6 Å². The molecule has 0 radical (unpaired) electrons. The maximum atomic E-state index is 12.7. The summed E-state index contributed by atoms with van der Waals surface area (Å²) in [6.45, 7) is 4.76. The number of hydrogen-bond donors (Lipinski definition) is 2. The SMILES string of the molecule is Cc1cccc(-c2ccc(NC(=O)C3CCN(Cc4ccc(O)cc4)CC3)cc2)c1. The van der Waals surface area contributed by atoms with E-state index in [0.717, 1.165) is 43.7 Å². The monoisotopic (exact) mass is 400 g/mol. The molecule has 3 aromatic carbocycles. The highest BCUT2D eigenvalue weighted by Gasteiger charge is 2.25. The van der Waals surface area contributed by atoms with E-state index in [1.54, 1.807) is 12.1 Å². The van der Waals surface area contributed by atoms with Gasteiger partial charge in [-0.3, -0.25) is 9.69 Å². The fourth-order valence-electron chi connectivity index (χ4n) is 4.03. The number of benzene rings is 3. The Morgan fingerprint density at radius 1 is 0.967 bits per heavy atom. The van der Waals surface area contributed by atoms with E-state index in [9.17, 15) is 9.90 Å². The summed E-state index contributed by atoms with van der Waals surface area (Å²) in [4.78, 5) is 15.1. The number of nitrogens with zero attached hydrogens (tertiary/aromatic N) is 1. The minimum atomic E-state index is 0.0533. The number of anilines is 1. The van der Waals surface area contributed by atoms with Crippen LogP contribution in [0.5, 0.6) is 5.75 Å². The summed E-state index contributed by atoms with van der Waals surface area (Å²) in [5, 5.41) is 12.5. The van der Waals surface area contributed by atoms with E-state index in [1.165, 1.54) is 16.7 Å². The van der Waals surface area contributed by atoms with Gasteiger partial charge >= 0.3 is 0 Å². The van der Waals surface area contributed by atoms with Crippen LogP contribution in [0.2, 0.25) is 0 Å². The fourth-order valence-corrected chi connectivity index (χ4v) is 4.03. The van der Waals surface area contributed by atoms with Crippen LogP contribution in [0.3, 0.4) is 0 Å². The third kappa shape index (κ3) is 5.08. The predicted octanol–water partition coefficient (Wildman–Crippen LogP) is 5.22. The molecule has 0 bridgehead atoms. The van der Waals surface area contributed by atoms with E-state index in [1.807, 2.05) is 24.3 Å². The Morgan fingerprint density at radius 3 is 2.33 bits per heavy atom. The van der Waals surface area contributed by atoms with Crippen LogP contribution in [-0.4, -0.2) is 29.0 Å². The van der Waals surface area contributed by atoms with Crippen molar-refractivity contribution in [1.29, 1.82) is 0 Å². The van der Waals surface area contributed by atoms with Crippen molar-refractivity contribution in [2.75, 3.05) is 18.4 Å². The molecule has 0 spiro atoms. The van der Waals surface area contributed by atoms with E-state index >= 15 is 0 Å². The maximum Gasteiger partial charge on any atom is 0.227 e. The molecule has 1 fully saturated rings. The average molecular weight is 401 g/mol. The van der Waals surface area contributed by atoms with Gasteiger partial charge in [0.2, 0.25) is 5.91 Å². The number of hydrogen-bond acceptors (Lipinski definition) is 3. The van der Waals surface area contributed by atoms with Crippen molar-refractivity contribution in [3.63, 3.8) is 0 Å². The second-order valence-corrected chi connectivity index (χ2v) is 8.15. The number of carbonyl (C=O) groups excluding carboxylic acids is 1. The molecule has 1 aliphatic heterocycles. The summed E-state index contributed by atoms with van der Waals surface area (Å²) < 4.78 is 0. The van der Waals surface area contributed by atoms with Gasteiger partial charge in [-0.2, -0.15) is 0 Å². The maximum absolute atomic E-state index is 12.7. The number of aryl methyl sites for hydroxylation is 1. The highest BCUT2D eigenvalue weighted by atomic mass is 16.3. The number of amides is 1. The molecule has 3 aromatic rings. The van der Waals surface area contributed by atoms with E-state index in [-0.39, 0.29) is 11.8 Å². The molecule has 1 heterocycles. The molecular formula is C26H28N2O2. The Hall–Kier alpha value is -3.11. The van der Waals surface area contributed by atoms with Gasteiger partial charge in [0.15, 0.2) is 0 Å². The number of rotatable bonds is 5. The second kappa shape index (κ2) is 9.14. The first kappa shape index (κ1) is 20.2. The molecular weight excluding hydrogens is 372 g/mol. The first-order chi connectivity index (χ1) is 14.6. The molecule has 154 valence electrons. The van der Waals surface area contributed by atoms with Crippen LogP contribution < -0.4 is 5.32 Å². The van der Waals surface area contributed by atoms with E-state index < -0.39 is 0 Å². The Kier molecular flexibility index (Phi) is 6.15. The van der Waals surface area contributed by atoms with Gasteiger partial charge in [0, 0.05) is 18.2 Å². The molecule has 0 unspecified atom stereocenters. The van der Waals surface area contributed by atoms with Gasteiger partial charge in [0.1, 0.15) is 5.75 Å². The Bertz CT molecular complexity index is 988. The second-order valence-electron chi connectivity index (χ2n) is 8.15. The molecule has 4 nitrogen and oxygen atoms in total. The Labute approximate surface area is 178 Å². The molecule has 0 aromatic heterocycles. The Morgan fingerprint density at radius 2 is 1.67 bits per heavy atom. The standard InChI is InChI=1S/C26H28N2O2/c1-19-3-2-4-23(17-19)21-7-9-24(10-8-21)27-26(30)22-13-15-28(16-14-22)18-20-5-11-25(29)12-6-20/h2-12,17,22,29H,13-16,18H2,1H3,(H,27,30). The van der Waals surface area contributed by atoms with Crippen molar-refractivity contribution < 1.29 is 9.90 Å². The highest BCUT2D eigenvalue weighted by Crippen LogP contribution is 2.24. The van der Waals surface area contributed by atoms with Crippen LogP contribution in [0, 0.1) is 12.8 Å². The Balaban J connectivity index is 1.29. The minimum absolute atomic E-state index is 0.0533. The number of aromatic hydroxyl groups is 1. The highest BCUT2D eigenvalue weighted by molar-refractivity contribution is 5.92. The number of phenolic OH excluding ortho intramolecular Hbond substituents is 1. The van der Waals surface area contributed by atoms with Crippen molar-refractivity contribution in [2.45, 2.75) is 26.3 Å². The van der Waals surface area contributed by atoms with E-state index in [0.29, 0.717) is 5.75 Å². The van der Waals surface area contributed by atoms with Crippen LogP contribution in [0.1, 0.15) is 24.0 Å². The summed E-state index contributed by atoms with van der Waals surface area (Å²) in [6, 6.07) is 23.9. The number of likely N-dealkylation sites (tertiary alicyclic amines) is 1. The quantitative estimate of drug-likeness (QED) is 0.617. The molecule has 0 atom stereocenters. The molecule has 0 saturated carbocycles. The normalized spacial score (nSPS) is 15.1. The summed E-state index contributed by atoms with van der Waals surface area (Å²) in [5.74, 6) is 0.459. The van der Waals surface area contributed by atoms with Crippen molar-refractivity contribution in [2.24, 2.45) is 5.92 Å². The lowest BCUT2D eigenvalue weighted by Gasteiger charge is -2.31. The van der Waals surface area contributed by atoms with Crippen LogP contribution in [0.15, 0.2) is 72.8 Å². The van der Waals surface area contributed by atoms with E-state index in [4.69, 9.17) is 0 Å². The molecule has 1 saturated heterocycles. The molecule has 0 aliphatic carbocycles. The van der Waals surface area contributed by atoms with Gasteiger partial charge in [-0.15, -0.1) is 0 Å². The van der Waals surface area contributed by atoms with Crippen molar-refractivity contribution in [3.8, 4) is 16.9 Å². The van der Waals surface area contributed by atoms with Gasteiger partial charge in [-0.05, 0) is 73.8 Å². The van der Waals surface area contributed by atoms with Crippen LogP contribution in [0.25, 0.3) is 11.1 Å². The lowest BCUT2D eigenvalue weighted by Crippen LogP contribution is -2.37. The average Bonchev–Trinajstić information content (AvgIpc) is 2.76. The zero-order valence-corrected chi connectivity index (χ0v) is 17.3. The summed E-state index contributed by atoms with van der Waals surface area (Å²) >= 11 is 0. The zero-order valence-electron chi connectivity index (χ0n) is 17.3. The lowest BCUT2D eigenvalue weighted by atomic mass is 9.95. The fraction of sp³-hybridized carbons (Fsp3) is 0.269. The van der Waals surface area contributed by atoms with Gasteiger partial charge in [0.05, 0.1) is 0 Å². The van der Waals surface area contributed by atoms with Gasteiger partial charge in [-0.1, -0.05) is 54.1 Å². The first-order valence-electron chi connectivity index (χ1n) is 10.5. The summed E-state index contributed by atoms with van der Waals surface area (Å²) in [6.07, 6.45) is 1.73. The molecule has 1 amide bonds. The largest absolute Gasteiger partial charge is 0.508 e. The minimum Gasteiger partial charge on any atom is -0.508 e. The number of carbonyl (C=O) groups is 1. The molecule has 1 aliphatic rings. The van der Waals surface area contributed by atoms with Crippen LogP contribution in [-0.2, 0) is 11.3 Å². The van der Waals surface area contributed by atoms with E-state index in [2.05, 4.69) is 53.5 Å². The lowest BCUT2D eigenvalue weighted by molar-refractivity contribution is -0.121. The zero-order chi connectivity index (χ0) is 20.9. The molecule has 4 rings (SSSR count). The summed E-state index contributed by atoms with van der Waals surface area (Å²) in [7, 11) is 0. The molecule has 30 heavy (non-hydrogen) atoms. The third-order valence-electron chi connectivity index (χ3n) is 5.80. The summed E-state index contributed by atoms with van der Waals surface area (Å²) in [5.41, 5.74) is 5.61. The van der Waals surface area contributed by atoms with Gasteiger partial charge in [-0.25, -0.2) is 0 Å². The smallest absolute Gasteiger partial charge is 0.227 e. The molecule has 4 heteroatoms. The predicted molar refractivity (Wildman–Crippen MR) is 121 cm³/mol.